The molecule has 0 radical (unpaired) electrons. The van der Waals surface area contributed by atoms with E-state index >= 15 is 0 Å². The van der Waals surface area contributed by atoms with Crippen molar-refractivity contribution in [2.75, 3.05) is 18.8 Å². The summed E-state index contributed by atoms with van der Waals surface area (Å²) in [6, 6.07) is 6.55. The van der Waals surface area contributed by atoms with Gasteiger partial charge in [0.1, 0.15) is 0 Å². The van der Waals surface area contributed by atoms with Gasteiger partial charge in [0.15, 0.2) is 0 Å². The third kappa shape index (κ3) is 2.14. The highest BCUT2D eigenvalue weighted by Crippen LogP contribution is 2.52. The van der Waals surface area contributed by atoms with Crippen LogP contribution in [0.5, 0.6) is 0 Å². The maximum Gasteiger partial charge on any atom is 0.0317 e. The van der Waals surface area contributed by atoms with Gasteiger partial charge in [0.2, 0.25) is 0 Å². The van der Waals surface area contributed by atoms with Crippen molar-refractivity contribution in [2.45, 2.75) is 51.0 Å². The Bertz CT molecular complexity index is 435. The second kappa shape index (κ2) is 4.58. The molecule has 0 amide bonds. The Morgan fingerprint density at radius 2 is 2.11 bits per heavy atom. The maximum atomic E-state index is 5.94. The summed E-state index contributed by atoms with van der Waals surface area (Å²) in [5.74, 6) is 0. The molecule has 1 saturated carbocycles. The van der Waals surface area contributed by atoms with Crippen LogP contribution in [0.15, 0.2) is 18.2 Å². The third-order valence-electron chi connectivity index (χ3n) is 4.55. The van der Waals surface area contributed by atoms with Crippen LogP contribution in [0.3, 0.4) is 0 Å². The number of unbranched alkanes of at least 4 members (excludes halogenated alkanes) is 2. The lowest BCUT2D eigenvalue weighted by molar-refractivity contribution is 0.217. The number of rotatable bonds is 4. The molecule has 2 aliphatic rings. The first-order valence-corrected chi connectivity index (χ1v) is 7.35. The summed E-state index contributed by atoms with van der Waals surface area (Å²) in [5.41, 5.74) is 10.4. The Kier molecular flexibility index (Phi) is 3.06. The lowest BCUT2D eigenvalue weighted by Crippen LogP contribution is -2.38. The lowest BCUT2D eigenvalue weighted by atomic mass is 9.86. The summed E-state index contributed by atoms with van der Waals surface area (Å²) in [6.45, 7) is 5.90. The van der Waals surface area contributed by atoms with Crippen molar-refractivity contribution in [3.63, 3.8) is 0 Å². The molecule has 1 fully saturated rings. The Balaban J connectivity index is 1.77. The number of fused-ring (bicyclic) bond motifs is 2. The number of nitrogens with zero attached hydrogens (tertiary/aromatic N) is 1. The zero-order chi connectivity index (χ0) is 12.6. The first-order valence-electron chi connectivity index (χ1n) is 7.35. The summed E-state index contributed by atoms with van der Waals surface area (Å²) in [6.07, 6.45) is 6.74. The summed E-state index contributed by atoms with van der Waals surface area (Å²) in [5, 5.41) is 0. The van der Waals surface area contributed by atoms with E-state index in [1.165, 1.54) is 50.8 Å². The standard InChI is InChI=1S/C16H24N2/c1-2-3-4-9-18-11-13-10-14(17)5-6-15(13)16(12-18)7-8-16/h5-6,10H,2-4,7-9,11-12,17H2,1H3. The number of hydrogen-bond donors (Lipinski definition) is 1. The van der Waals surface area contributed by atoms with E-state index in [4.69, 9.17) is 5.73 Å². The van der Waals surface area contributed by atoms with E-state index in [9.17, 15) is 0 Å². The molecule has 18 heavy (non-hydrogen) atoms. The predicted molar refractivity (Wildman–Crippen MR) is 76.6 cm³/mol. The van der Waals surface area contributed by atoms with Crippen LogP contribution in [0, 0.1) is 0 Å². The molecular formula is C16H24N2. The minimum absolute atomic E-state index is 0.494. The molecule has 0 atom stereocenters. The molecule has 0 saturated heterocycles. The van der Waals surface area contributed by atoms with Gasteiger partial charge >= 0.3 is 0 Å². The second-order valence-corrected chi connectivity index (χ2v) is 6.11. The summed E-state index contributed by atoms with van der Waals surface area (Å²) >= 11 is 0. The molecule has 2 nitrogen and oxygen atoms in total. The number of benzene rings is 1. The van der Waals surface area contributed by atoms with E-state index < -0.39 is 0 Å². The lowest BCUT2D eigenvalue weighted by Gasteiger charge is -2.35. The first-order chi connectivity index (χ1) is 8.73. The van der Waals surface area contributed by atoms with Gasteiger partial charge in [-0.1, -0.05) is 25.8 Å². The molecule has 2 heteroatoms. The van der Waals surface area contributed by atoms with Crippen LogP contribution in [-0.2, 0) is 12.0 Å². The van der Waals surface area contributed by atoms with Crippen molar-refractivity contribution in [1.29, 1.82) is 0 Å². The van der Waals surface area contributed by atoms with Gasteiger partial charge in [-0.05, 0) is 49.1 Å². The van der Waals surface area contributed by atoms with Crippen LogP contribution in [0.25, 0.3) is 0 Å². The fourth-order valence-electron chi connectivity index (χ4n) is 3.39. The molecule has 0 aromatic heterocycles. The van der Waals surface area contributed by atoms with Gasteiger partial charge < -0.3 is 5.73 Å². The van der Waals surface area contributed by atoms with Crippen LogP contribution in [0.1, 0.15) is 50.2 Å². The topological polar surface area (TPSA) is 29.3 Å². The van der Waals surface area contributed by atoms with Crippen molar-refractivity contribution in [1.82, 2.24) is 4.90 Å². The number of nitrogens with two attached hydrogens (primary N) is 1. The van der Waals surface area contributed by atoms with E-state index in [2.05, 4.69) is 30.0 Å². The molecule has 3 rings (SSSR count). The minimum atomic E-state index is 0.494. The SMILES string of the molecule is CCCCCN1Cc2cc(N)ccc2C2(CC2)C1. The maximum absolute atomic E-state index is 5.94. The molecule has 98 valence electrons. The van der Waals surface area contributed by atoms with Gasteiger partial charge in [-0.2, -0.15) is 0 Å². The third-order valence-corrected chi connectivity index (χ3v) is 4.55. The van der Waals surface area contributed by atoms with E-state index in [1.807, 2.05) is 0 Å². The molecular weight excluding hydrogens is 220 g/mol. The quantitative estimate of drug-likeness (QED) is 0.650. The highest BCUT2D eigenvalue weighted by molar-refractivity contribution is 5.50. The fraction of sp³-hybridized carbons (Fsp3) is 0.625. The average molecular weight is 244 g/mol. The second-order valence-electron chi connectivity index (χ2n) is 6.11. The normalized spacial score (nSPS) is 20.9. The van der Waals surface area contributed by atoms with Crippen molar-refractivity contribution in [3.05, 3.63) is 29.3 Å². The predicted octanol–water partition coefficient (Wildman–Crippen LogP) is 3.31. The number of anilines is 1. The molecule has 2 N–H and O–H groups in total. The molecule has 0 bridgehead atoms. The zero-order valence-corrected chi connectivity index (χ0v) is 11.4. The summed E-state index contributed by atoms with van der Waals surface area (Å²) in [4.78, 5) is 2.64. The molecule has 0 unspecified atom stereocenters. The summed E-state index contributed by atoms with van der Waals surface area (Å²) < 4.78 is 0. The van der Waals surface area contributed by atoms with Gasteiger partial charge in [-0.15, -0.1) is 0 Å². The van der Waals surface area contributed by atoms with Crippen LogP contribution in [-0.4, -0.2) is 18.0 Å². The molecule has 1 aromatic carbocycles. The Morgan fingerprint density at radius 3 is 2.83 bits per heavy atom. The van der Waals surface area contributed by atoms with E-state index in [1.54, 1.807) is 5.56 Å². The van der Waals surface area contributed by atoms with Crippen molar-refractivity contribution < 1.29 is 0 Å². The minimum Gasteiger partial charge on any atom is -0.399 e. The molecule has 1 aromatic rings. The smallest absolute Gasteiger partial charge is 0.0317 e. The molecule has 1 aliphatic carbocycles. The molecule has 1 aliphatic heterocycles. The summed E-state index contributed by atoms with van der Waals surface area (Å²) in [7, 11) is 0. The monoisotopic (exact) mass is 244 g/mol. The number of hydrogen-bond acceptors (Lipinski definition) is 2. The van der Waals surface area contributed by atoms with Crippen molar-refractivity contribution in [3.8, 4) is 0 Å². The van der Waals surface area contributed by atoms with Gasteiger partial charge in [0, 0.05) is 24.2 Å². The van der Waals surface area contributed by atoms with E-state index in [0.717, 1.165) is 12.2 Å². The van der Waals surface area contributed by atoms with Crippen molar-refractivity contribution >= 4 is 5.69 Å². The Morgan fingerprint density at radius 1 is 1.28 bits per heavy atom. The van der Waals surface area contributed by atoms with Gasteiger partial charge in [0.25, 0.3) is 0 Å². The number of nitrogen functional groups attached to an aromatic ring is 1. The largest absolute Gasteiger partial charge is 0.399 e. The highest BCUT2D eigenvalue weighted by Gasteiger charge is 2.48. The van der Waals surface area contributed by atoms with E-state index in [-0.39, 0.29) is 0 Å². The average Bonchev–Trinajstić information content (AvgIpc) is 3.09. The van der Waals surface area contributed by atoms with Crippen LogP contribution >= 0.6 is 0 Å². The zero-order valence-electron chi connectivity index (χ0n) is 11.4. The van der Waals surface area contributed by atoms with Crippen LogP contribution in [0.4, 0.5) is 5.69 Å². The van der Waals surface area contributed by atoms with Gasteiger partial charge in [-0.25, -0.2) is 0 Å². The van der Waals surface area contributed by atoms with Gasteiger partial charge in [-0.3, -0.25) is 4.90 Å². The van der Waals surface area contributed by atoms with Gasteiger partial charge in [0.05, 0.1) is 0 Å². The van der Waals surface area contributed by atoms with Crippen LogP contribution < -0.4 is 5.73 Å². The Hall–Kier alpha value is -1.02. The first kappa shape index (κ1) is 12.0. The highest BCUT2D eigenvalue weighted by atomic mass is 15.1. The molecule has 1 heterocycles. The van der Waals surface area contributed by atoms with Crippen LogP contribution in [0.2, 0.25) is 0 Å². The van der Waals surface area contributed by atoms with E-state index in [0.29, 0.717) is 5.41 Å². The molecule has 1 spiro atoms. The fourth-order valence-corrected chi connectivity index (χ4v) is 3.39. The Labute approximate surface area is 110 Å². The van der Waals surface area contributed by atoms with Crippen molar-refractivity contribution in [2.24, 2.45) is 0 Å².